The number of carbonyl (C=O) groups is 1. The van der Waals surface area contributed by atoms with Crippen LogP contribution in [0.1, 0.15) is 29.8 Å². The normalized spacial score (nSPS) is 20.8. The lowest BCUT2D eigenvalue weighted by Crippen LogP contribution is -2.36. The van der Waals surface area contributed by atoms with Gasteiger partial charge in [0.05, 0.1) is 21.3 Å². The molecule has 1 atom stereocenters. The number of hydrogen-bond donors (Lipinski definition) is 2. The molecule has 5 rings (SSSR count). The minimum Gasteiger partial charge on any atom is -0.387 e. The van der Waals surface area contributed by atoms with Crippen molar-refractivity contribution in [2.24, 2.45) is 12.5 Å². The van der Waals surface area contributed by atoms with Gasteiger partial charge in [-0.1, -0.05) is 23.2 Å². The van der Waals surface area contributed by atoms with Gasteiger partial charge in [0.15, 0.2) is 5.69 Å². The summed E-state index contributed by atoms with van der Waals surface area (Å²) < 4.78 is 41.2. The number of aliphatic hydroxyl groups excluding tert-OH is 1. The zero-order valence-electron chi connectivity index (χ0n) is 17.7. The third-order valence-electron chi connectivity index (χ3n) is 6.99. The Bertz CT molecular complexity index is 1280. The van der Waals surface area contributed by atoms with Crippen LogP contribution in [0, 0.1) is 5.41 Å². The molecule has 2 aromatic heterocycles. The number of amides is 1. The first-order valence-corrected chi connectivity index (χ1v) is 11.3. The molecule has 176 valence electrons. The van der Waals surface area contributed by atoms with E-state index in [1.165, 1.54) is 11.7 Å². The van der Waals surface area contributed by atoms with Crippen molar-refractivity contribution in [3.05, 3.63) is 39.1 Å². The van der Waals surface area contributed by atoms with Crippen LogP contribution >= 0.6 is 23.2 Å². The number of aromatic nitrogens is 3. The molecule has 2 aliphatic rings. The maximum Gasteiger partial charge on any atom is 0.435 e. The number of benzene rings is 1. The van der Waals surface area contributed by atoms with Crippen molar-refractivity contribution in [2.75, 3.05) is 19.7 Å². The monoisotopic (exact) mass is 500 g/mol. The maximum absolute atomic E-state index is 13.3. The summed E-state index contributed by atoms with van der Waals surface area (Å²) in [5.41, 5.74) is 2.24. The van der Waals surface area contributed by atoms with Crippen LogP contribution in [0.25, 0.3) is 22.2 Å². The second-order valence-corrected chi connectivity index (χ2v) is 9.77. The molecule has 1 saturated heterocycles. The molecule has 11 heteroatoms. The van der Waals surface area contributed by atoms with Gasteiger partial charge in [0.1, 0.15) is 6.61 Å². The highest BCUT2D eigenvalue weighted by molar-refractivity contribution is 6.45. The topological polar surface area (TPSA) is 74.2 Å². The number of rotatable bonds is 2. The lowest BCUT2D eigenvalue weighted by Gasteiger charge is -2.33. The van der Waals surface area contributed by atoms with Crippen molar-refractivity contribution < 1.29 is 23.1 Å². The van der Waals surface area contributed by atoms with E-state index in [1.54, 1.807) is 11.0 Å². The molecule has 33 heavy (non-hydrogen) atoms. The van der Waals surface area contributed by atoms with Gasteiger partial charge in [0.2, 0.25) is 5.91 Å². The average Bonchev–Trinajstić information content (AvgIpc) is 3.46. The lowest BCUT2D eigenvalue weighted by molar-refractivity contribution is -0.141. The molecule has 6 nitrogen and oxygen atoms in total. The molecule has 0 saturated carbocycles. The largest absolute Gasteiger partial charge is 0.435 e. The number of aromatic amines is 1. The van der Waals surface area contributed by atoms with Crippen LogP contribution in [0.15, 0.2) is 12.1 Å². The minimum absolute atomic E-state index is 0.153. The van der Waals surface area contributed by atoms with E-state index >= 15 is 0 Å². The Morgan fingerprint density at radius 2 is 2.06 bits per heavy atom. The van der Waals surface area contributed by atoms with Gasteiger partial charge in [-0.25, -0.2) is 0 Å². The summed E-state index contributed by atoms with van der Waals surface area (Å²) in [7, 11) is 1.47. The lowest BCUT2D eigenvalue weighted by atomic mass is 9.72. The molecule has 1 fully saturated rings. The molecule has 1 unspecified atom stereocenters. The highest BCUT2D eigenvalue weighted by Gasteiger charge is 2.43. The minimum atomic E-state index is -4.57. The van der Waals surface area contributed by atoms with E-state index in [0.29, 0.717) is 35.6 Å². The number of carbonyl (C=O) groups excluding carboxylic acids is 1. The first-order valence-electron chi connectivity index (χ1n) is 10.5. The predicted molar refractivity (Wildman–Crippen MR) is 118 cm³/mol. The summed E-state index contributed by atoms with van der Waals surface area (Å²) in [5.74, 6) is -0.290. The number of nitrogens with one attached hydrogen (secondary N) is 1. The number of halogens is 5. The summed E-state index contributed by atoms with van der Waals surface area (Å²) in [6.07, 6.45) is -1.55. The number of aliphatic hydroxyl groups is 1. The zero-order valence-corrected chi connectivity index (χ0v) is 19.2. The van der Waals surface area contributed by atoms with Gasteiger partial charge < -0.3 is 15.0 Å². The van der Waals surface area contributed by atoms with Crippen LogP contribution in [0.2, 0.25) is 10.0 Å². The zero-order chi connectivity index (χ0) is 23.7. The second-order valence-electron chi connectivity index (χ2n) is 8.99. The van der Waals surface area contributed by atoms with Crippen LogP contribution in [0.4, 0.5) is 13.2 Å². The predicted octanol–water partition coefficient (Wildman–Crippen LogP) is 4.59. The van der Waals surface area contributed by atoms with Crippen molar-refractivity contribution in [1.29, 1.82) is 0 Å². The van der Waals surface area contributed by atoms with Gasteiger partial charge in [0, 0.05) is 36.8 Å². The van der Waals surface area contributed by atoms with Crippen molar-refractivity contribution in [3.8, 4) is 11.3 Å². The number of aryl methyl sites for hydroxylation is 2. The summed E-state index contributed by atoms with van der Waals surface area (Å²) in [6, 6.07) is 2.61. The molecule has 1 amide bonds. The van der Waals surface area contributed by atoms with Gasteiger partial charge in [0.25, 0.3) is 0 Å². The molecule has 1 aromatic carbocycles. The molecule has 0 radical (unpaired) electrons. The molecular weight excluding hydrogens is 480 g/mol. The fourth-order valence-electron chi connectivity index (χ4n) is 5.35. The number of hydrogen-bond acceptors (Lipinski definition) is 3. The Morgan fingerprint density at radius 3 is 2.73 bits per heavy atom. The first-order chi connectivity index (χ1) is 15.5. The van der Waals surface area contributed by atoms with Crippen LogP contribution in [0.3, 0.4) is 0 Å². The highest BCUT2D eigenvalue weighted by atomic mass is 35.5. The highest BCUT2D eigenvalue weighted by Crippen LogP contribution is 2.49. The Morgan fingerprint density at radius 1 is 1.30 bits per heavy atom. The Hall–Kier alpha value is -2.23. The van der Waals surface area contributed by atoms with Crippen molar-refractivity contribution in [3.63, 3.8) is 0 Å². The SMILES string of the molecule is Cn1nc(C(F)(F)F)cc1-c1cc(Cl)c(Cl)c2[nH]c3c(c12)CC1(CC3)CCN(C(=O)CO)C1. The molecule has 0 bridgehead atoms. The van der Waals surface area contributed by atoms with Crippen molar-refractivity contribution >= 4 is 40.0 Å². The maximum atomic E-state index is 13.3. The molecule has 1 aliphatic heterocycles. The standard InChI is InChI=1S/C22H21Cl2F3N4O2/c1-30-15(7-16(29-30)22(25,26)27)11-6-13(23)19(24)20-18(11)12-8-21(3-2-14(12)28-20)4-5-31(10-21)17(33)9-32/h6-7,28,32H,2-5,8-10H2,1H3. The molecular formula is C22H21Cl2F3N4O2. The molecule has 1 aliphatic carbocycles. The smallest absolute Gasteiger partial charge is 0.387 e. The summed E-state index contributed by atoms with van der Waals surface area (Å²) >= 11 is 12.9. The number of nitrogens with zero attached hydrogens (tertiary/aromatic N) is 3. The summed E-state index contributed by atoms with van der Waals surface area (Å²) in [5, 5.41) is 14.2. The quantitative estimate of drug-likeness (QED) is 0.540. The van der Waals surface area contributed by atoms with E-state index in [-0.39, 0.29) is 22.0 Å². The first kappa shape index (κ1) is 22.6. The van der Waals surface area contributed by atoms with E-state index in [4.69, 9.17) is 23.2 Å². The Balaban J connectivity index is 1.66. The summed E-state index contributed by atoms with van der Waals surface area (Å²) in [4.78, 5) is 17.1. The van der Waals surface area contributed by atoms with Gasteiger partial charge in [-0.2, -0.15) is 18.3 Å². The Labute approximate surface area is 197 Å². The van der Waals surface area contributed by atoms with Gasteiger partial charge in [-0.15, -0.1) is 0 Å². The van der Waals surface area contributed by atoms with Crippen molar-refractivity contribution in [2.45, 2.75) is 31.9 Å². The van der Waals surface area contributed by atoms with Gasteiger partial charge in [-0.3, -0.25) is 9.48 Å². The molecule has 3 heterocycles. The van der Waals surface area contributed by atoms with Crippen LogP contribution in [-0.4, -0.2) is 50.4 Å². The molecule has 2 N–H and O–H groups in total. The Kier molecular flexibility index (Phi) is 5.23. The molecule has 1 spiro atoms. The number of fused-ring (bicyclic) bond motifs is 3. The molecule has 3 aromatic rings. The third-order valence-corrected chi connectivity index (χ3v) is 7.78. The fraction of sp³-hybridized carbons (Fsp3) is 0.455. The van der Waals surface area contributed by atoms with Gasteiger partial charge >= 0.3 is 6.18 Å². The fourth-order valence-corrected chi connectivity index (χ4v) is 5.75. The van der Waals surface area contributed by atoms with Crippen molar-refractivity contribution in [1.82, 2.24) is 19.7 Å². The van der Waals surface area contributed by atoms with Crippen LogP contribution < -0.4 is 0 Å². The van der Waals surface area contributed by atoms with E-state index in [2.05, 4.69) is 10.1 Å². The van der Waals surface area contributed by atoms with Crippen LogP contribution in [-0.2, 0) is 30.9 Å². The number of alkyl halides is 3. The van der Waals surface area contributed by atoms with E-state index in [9.17, 15) is 23.1 Å². The van der Waals surface area contributed by atoms with E-state index in [1.807, 2.05) is 0 Å². The van der Waals surface area contributed by atoms with Crippen LogP contribution in [0.5, 0.6) is 0 Å². The van der Waals surface area contributed by atoms with Gasteiger partial charge in [-0.05, 0) is 48.8 Å². The number of likely N-dealkylation sites (tertiary alicyclic amines) is 1. The average molecular weight is 501 g/mol. The van der Waals surface area contributed by atoms with E-state index < -0.39 is 18.5 Å². The number of H-pyrrole nitrogens is 1. The van der Waals surface area contributed by atoms with E-state index in [0.717, 1.165) is 42.0 Å². The summed E-state index contributed by atoms with van der Waals surface area (Å²) in [6.45, 7) is 0.598. The second kappa shape index (κ2) is 7.65. The third kappa shape index (κ3) is 3.61.